The maximum absolute atomic E-state index is 12.2. The molecule has 0 radical (unpaired) electrons. The molecular formula is C16H21N5OS. The van der Waals surface area contributed by atoms with Gasteiger partial charge in [-0.15, -0.1) is 11.3 Å². The first kappa shape index (κ1) is 14.7. The number of H-pyrrole nitrogens is 1. The number of aryl methyl sites for hydroxylation is 2. The highest BCUT2D eigenvalue weighted by Crippen LogP contribution is 2.42. The van der Waals surface area contributed by atoms with Crippen LogP contribution in [0.25, 0.3) is 0 Å². The maximum atomic E-state index is 12.2. The van der Waals surface area contributed by atoms with Crippen molar-refractivity contribution in [2.24, 2.45) is 0 Å². The number of aromatic amines is 1. The number of urea groups is 1. The number of carbonyl (C=O) groups excluding carboxylic acids is 1. The van der Waals surface area contributed by atoms with Crippen molar-refractivity contribution in [1.29, 1.82) is 0 Å². The van der Waals surface area contributed by atoms with Crippen LogP contribution in [0, 0.1) is 0 Å². The fourth-order valence-corrected chi connectivity index (χ4v) is 4.63. The summed E-state index contributed by atoms with van der Waals surface area (Å²) in [5.74, 6) is 0. The summed E-state index contributed by atoms with van der Waals surface area (Å²) in [4.78, 5) is 18.2. The minimum atomic E-state index is -0.164. The minimum absolute atomic E-state index is 0.128. The van der Waals surface area contributed by atoms with Gasteiger partial charge in [0.25, 0.3) is 0 Å². The Morgan fingerprint density at radius 3 is 3.13 bits per heavy atom. The fourth-order valence-electron chi connectivity index (χ4n) is 3.50. The van der Waals surface area contributed by atoms with Gasteiger partial charge in [0, 0.05) is 28.4 Å². The smallest absolute Gasteiger partial charge is 0.321 e. The Hall–Kier alpha value is -1.89. The van der Waals surface area contributed by atoms with E-state index in [0.717, 1.165) is 43.5 Å². The molecule has 0 saturated heterocycles. The second-order valence-corrected chi connectivity index (χ2v) is 8.17. The van der Waals surface area contributed by atoms with E-state index in [1.807, 2.05) is 6.20 Å². The summed E-state index contributed by atoms with van der Waals surface area (Å²) in [5, 5.41) is 13.7. The number of amides is 2. The Bertz CT molecular complexity index is 747. The third-order valence-electron chi connectivity index (χ3n) is 4.89. The van der Waals surface area contributed by atoms with Gasteiger partial charge in [0.05, 0.1) is 11.9 Å². The first-order valence-electron chi connectivity index (χ1n) is 8.10. The van der Waals surface area contributed by atoms with Gasteiger partial charge < -0.3 is 5.32 Å². The molecule has 1 unspecified atom stereocenters. The van der Waals surface area contributed by atoms with Gasteiger partial charge in [0.15, 0.2) is 5.13 Å². The second kappa shape index (κ2) is 5.33. The largest absolute Gasteiger partial charge is 0.335 e. The van der Waals surface area contributed by atoms with Crippen molar-refractivity contribution in [3.8, 4) is 0 Å². The fraction of sp³-hybridized carbons (Fsp3) is 0.562. The van der Waals surface area contributed by atoms with Crippen LogP contribution < -0.4 is 10.6 Å². The number of nitrogens with one attached hydrogen (secondary N) is 3. The second-order valence-electron chi connectivity index (χ2n) is 7.09. The predicted molar refractivity (Wildman–Crippen MR) is 90.0 cm³/mol. The van der Waals surface area contributed by atoms with Crippen molar-refractivity contribution >= 4 is 22.5 Å². The van der Waals surface area contributed by atoms with Crippen LogP contribution in [0.1, 0.15) is 48.5 Å². The van der Waals surface area contributed by atoms with Gasteiger partial charge in [-0.3, -0.25) is 10.4 Å². The van der Waals surface area contributed by atoms with Gasteiger partial charge in [-0.2, -0.15) is 5.10 Å². The number of aromatic nitrogens is 3. The Morgan fingerprint density at radius 2 is 2.30 bits per heavy atom. The topological polar surface area (TPSA) is 82.7 Å². The SMILES string of the molecule is CC1(C)CCc2sc(NC(=O)NC3CCc4cn[nH]c4C3)nc21. The highest BCUT2D eigenvalue weighted by atomic mass is 32.1. The Kier molecular flexibility index (Phi) is 3.41. The molecule has 0 fully saturated rings. The van der Waals surface area contributed by atoms with Gasteiger partial charge in [0.2, 0.25) is 0 Å². The van der Waals surface area contributed by atoms with Crippen LogP contribution in [0.5, 0.6) is 0 Å². The van der Waals surface area contributed by atoms with E-state index in [1.165, 1.54) is 10.4 Å². The summed E-state index contributed by atoms with van der Waals surface area (Å²) in [6, 6.07) is -0.0191. The molecular weight excluding hydrogens is 310 g/mol. The Labute approximate surface area is 139 Å². The van der Waals surface area contributed by atoms with Crippen molar-refractivity contribution in [2.45, 2.75) is 57.4 Å². The monoisotopic (exact) mass is 331 g/mol. The zero-order chi connectivity index (χ0) is 16.0. The molecule has 122 valence electrons. The third kappa shape index (κ3) is 2.73. The molecule has 6 nitrogen and oxygen atoms in total. The molecule has 2 aromatic rings. The zero-order valence-corrected chi connectivity index (χ0v) is 14.2. The van der Waals surface area contributed by atoms with Crippen LogP contribution in [0.15, 0.2) is 6.20 Å². The molecule has 0 aliphatic heterocycles. The van der Waals surface area contributed by atoms with Gasteiger partial charge in [-0.25, -0.2) is 9.78 Å². The summed E-state index contributed by atoms with van der Waals surface area (Å²) in [7, 11) is 0. The molecule has 23 heavy (non-hydrogen) atoms. The van der Waals surface area contributed by atoms with E-state index in [1.54, 1.807) is 11.3 Å². The van der Waals surface area contributed by atoms with Crippen LogP contribution >= 0.6 is 11.3 Å². The molecule has 2 aliphatic rings. The molecule has 4 rings (SSSR count). The van der Waals surface area contributed by atoms with Crippen molar-refractivity contribution < 1.29 is 4.79 Å². The third-order valence-corrected chi connectivity index (χ3v) is 5.92. The van der Waals surface area contributed by atoms with Crippen LogP contribution in [0.2, 0.25) is 0 Å². The summed E-state index contributed by atoms with van der Waals surface area (Å²) < 4.78 is 0. The van der Waals surface area contributed by atoms with E-state index in [9.17, 15) is 4.79 Å². The number of fused-ring (bicyclic) bond motifs is 2. The van der Waals surface area contributed by atoms with Crippen molar-refractivity contribution in [1.82, 2.24) is 20.5 Å². The standard InChI is InChI=1S/C16H21N5OS/c1-16(2)6-5-12-13(16)19-15(23-12)20-14(22)18-10-4-3-9-8-17-21-11(9)7-10/h8,10H,3-7H2,1-2H3,(H,17,21)(H2,18,19,20,22). The number of nitrogens with zero attached hydrogens (tertiary/aromatic N) is 2. The molecule has 0 bridgehead atoms. The number of carbonyl (C=O) groups is 1. The van der Waals surface area contributed by atoms with Crippen LogP contribution in [0.4, 0.5) is 9.93 Å². The summed E-state index contributed by atoms with van der Waals surface area (Å²) in [5.41, 5.74) is 3.68. The number of hydrogen-bond donors (Lipinski definition) is 3. The van der Waals surface area contributed by atoms with E-state index >= 15 is 0 Å². The summed E-state index contributed by atoms with van der Waals surface area (Å²) in [6.07, 6.45) is 6.79. The summed E-state index contributed by atoms with van der Waals surface area (Å²) >= 11 is 1.61. The minimum Gasteiger partial charge on any atom is -0.335 e. The lowest BCUT2D eigenvalue weighted by atomic mass is 9.91. The van der Waals surface area contributed by atoms with E-state index in [0.29, 0.717) is 5.13 Å². The van der Waals surface area contributed by atoms with Crippen LogP contribution in [-0.4, -0.2) is 27.3 Å². The van der Waals surface area contributed by atoms with Gasteiger partial charge in [-0.05, 0) is 31.2 Å². The average molecular weight is 331 g/mol. The maximum Gasteiger partial charge on any atom is 0.321 e. The molecule has 0 spiro atoms. The molecule has 0 saturated carbocycles. The van der Waals surface area contributed by atoms with E-state index in [2.05, 4.69) is 39.7 Å². The van der Waals surface area contributed by atoms with Gasteiger partial charge in [-0.1, -0.05) is 13.8 Å². The number of anilines is 1. The van der Waals surface area contributed by atoms with E-state index in [4.69, 9.17) is 0 Å². The normalized spacial score (nSPS) is 21.6. The quantitative estimate of drug-likeness (QED) is 0.791. The average Bonchev–Trinajstić information content (AvgIpc) is 3.16. The van der Waals surface area contributed by atoms with Crippen molar-refractivity contribution in [2.75, 3.05) is 5.32 Å². The predicted octanol–water partition coefficient (Wildman–Crippen LogP) is 2.77. The number of hydrogen-bond acceptors (Lipinski definition) is 4. The summed E-state index contributed by atoms with van der Waals surface area (Å²) in [6.45, 7) is 4.43. The lowest BCUT2D eigenvalue weighted by molar-refractivity contribution is 0.247. The van der Waals surface area contributed by atoms with E-state index in [-0.39, 0.29) is 17.5 Å². The molecule has 2 aliphatic carbocycles. The van der Waals surface area contributed by atoms with Crippen molar-refractivity contribution in [3.63, 3.8) is 0 Å². The highest BCUT2D eigenvalue weighted by molar-refractivity contribution is 7.16. The molecule has 2 amide bonds. The molecule has 2 heterocycles. The molecule has 0 aromatic carbocycles. The van der Waals surface area contributed by atoms with Gasteiger partial charge >= 0.3 is 6.03 Å². The molecule has 7 heteroatoms. The first-order chi connectivity index (χ1) is 11.0. The van der Waals surface area contributed by atoms with Gasteiger partial charge in [0.1, 0.15) is 0 Å². The zero-order valence-electron chi connectivity index (χ0n) is 13.4. The first-order valence-corrected chi connectivity index (χ1v) is 8.92. The van der Waals surface area contributed by atoms with E-state index < -0.39 is 0 Å². The highest BCUT2D eigenvalue weighted by Gasteiger charge is 2.34. The van der Waals surface area contributed by atoms with Crippen LogP contribution in [0.3, 0.4) is 0 Å². The molecule has 1 atom stereocenters. The van der Waals surface area contributed by atoms with Crippen molar-refractivity contribution in [3.05, 3.63) is 28.0 Å². The van der Waals surface area contributed by atoms with Crippen LogP contribution in [-0.2, 0) is 24.7 Å². The Morgan fingerprint density at radius 1 is 1.43 bits per heavy atom. The lowest BCUT2D eigenvalue weighted by Gasteiger charge is -2.22. The Balaban J connectivity index is 1.38. The molecule has 3 N–H and O–H groups in total. The number of thiazole rings is 1. The number of rotatable bonds is 2. The molecule has 2 aromatic heterocycles. The lowest BCUT2D eigenvalue weighted by Crippen LogP contribution is -2.41.